The van der Waals surface area contributed by atoms with Crippen molar-refractivity contribution in [2.24, 2.45) is 0 Å². The first-order valence-electron chi connectivity index (χ1n) is 3.53. The molecule has 0 spiro atoms. The van der Waals surface area contributed by atoms with Crippen molar-refractivity contribution >= 4 is 5.57 Å². The maximum absolute atomic E-state index is 4.81. The Morgan fingerprint density at radius 3 is 2.67 bits per heavy atom. The standard InChI is InChI=1S/C9H10N2O/c1-4-6-8(5-2)9-10-7(3)12-11-9/h4-6H,1-2H2,3H3/b8-6+. The summed E-state index contributed by atoms with van der Waals surface area (Å²) in [6, 6.07) is 0. The number of hydrogen-bond acceptors (Lipinski definition) is 3. The van der Waals surface area contributed by atoms with Gasteiger partial charge in [0.2, 0.25) is 11.7 Å². The average molecular weight is 162 g/mol. The number of aromatic nitrogens is 2. The van der Waals surface area contributed by atoms with Gasteiger partial charge in [0.1, 0.15) is 0 Å². The molecule has 3 heteroatoms. The number of hydrogen-bond donors (Lipinski definition) is 0. The van der Waals surface area contributed by atoms with Crippen molar-refractivity contribution in [1.29, 1.82) is 0 Å². The van der Waals surface area contributed by atoms with E-state index < -0.39 is 0 Å². The number of allylic oxidation sites excluding steroid dienone is 4. The molecule has 3 nitrogen and oxygen atoms in total. The Kier molecular flexibility index (Phi) is 2.58. The van der Waals surface area contributed by atoms with Crippen LogP contribution < -0.4 is 0 Å². The van der Waals surface area contributed by atoms with Crippen molar-refractivity contribution in [2.75, 3.05) is 0 Å². The molecular formula is C9H10N2O. The summed E-state index contributed by atoms with van der Waals surface area (Å²) in [4.78, 5) is 4.04. The molecule has 0 amide bonds. The van der Waals surface area contributed by atoms with E-state index >= 15 is 0 Å². The predicted molar refractivity (Wildman–Crippen MR) is 47.4 cm³/mol. The molecule has 0 aromatic carbocycles. The fourth-order valence-electron chi connectivity index (χ4n) is 0.777. The second-order valence-corrected chi connectivity index (χ2v) is 2.20. The molecule has 0 saturated heterocycles. The van der Waals surface area contributed by atoms with E-state index in [4.69, 9.17) is 4.52 Å². The molecule has 1 aromatic rings. The van der Waals surface area contributed by atoms with Gasteiger partial charge < -0.3 is 4.52 Å². The molecule has 0 radical (unpaired) electrons. The topological polar surface area (TPSA) is 38.9 Å². The Bertz CT molecular complexity index is 323. The third-order valence-electron chi connectivity index (χ3n) is 1.30. The molecule has 12 heavy (non-hydrogen) atoms. The van der Waals surface area contributed by atoms with E-state index in [1.165, 1.54) is 0 Å². The highest BCUT2D eigenvalue weighted by Gasteiger charge is 2.03. The first kappa shape index (κ1) is 8.46. The van der Waals surface area contributed by atoms with Crippen LogP contribution in [0.1, 0.15) is 11.7 Å². The summed E-state index contributed by atoms with van der Waals surface area (Å²) in [6.45, 7) is 8.94. The van der Waals surface area contributed by atoms with Gasteiger partial charge in [-0.3, -0.25) is 0 Å². The van der Waals surface area contributed by atoms with Crippen LogP contribution in [0.2, 0.25) is 0 Å². The summed E-state index contributed by atoms with van der Waals surface area (Å²) in [7, 11) is 0. The smallest absolute Gasteiger partial charge is 0.223 e. The third-order valence-corrected chi connectivity index (χ3v) is 1.30. The molecule has 0 N–H and O–H groups in total. The van der Waals surface area contributed by atoms with Crippen molar-refractivity contribution in [2.45, 2.75) is 6.92 Å². The number of rotatable bonds is 3. The van der Waals surface area contributed by atoms with Crippen molar-refractivity contribution in [3.05, 3.63) is 43.1 Å². The van der Waals surface area contributed by atoms with E-state index in [1.54, 1.807) is 25.2 Å². The van der Waals surface area contributed by atoms with Gasteiger partial charge in [0.15, 0.2) is 0 Å². The fraction of sp³-hybridized carbons (Fsp3) is 0.111. The highest BCUT2D eigenvalue weighted by Crippen LogP contribution is 2.10. The van der Waals surface area contributed by atoms with Gasteiger partial charge in [-0.05, 0) is 0 Å². The van der Waals surface area contributed by atoms with Crippen molar-refractivity contribution in [1.82, 2.24) is 10.1 Å². The normalized spacial score (nSPS) is 11.2. The fourth-order valence-corrected chi connectivity index (χ4v) is 0.777. The van der Waals surface area contributed by atoms with E-state index in [9.17, 15) is 0 Å². The van der Waals surface area contributed by atoms with Crippen molar-refractivity contribution in [3.63, 3.8) is 0 Å². The van der Waals surface area contributed by atoms with Crippen LogP contribution in [0.4, 0.5) is 0 Å². The quantitative estimate of drug-likeness (QED) is 0.639. The molecule has 1 heterocycles. The van der Waals surface area contributed by atoms with Crippen LogP contribution in [0.3, 0.4) is 0 Å². The average Bonchev–Trinajstić information content (AvgIpc) is 2.47. The van der Waals surface area contributed by atoms with Gasteiger partial charge in [-0.1, -0.05) is 36.5 Å². The zero-order valence-corrected chi connectivity index (χ0v) is 6.95. The predicted octanol–water partition coefficient (Wildman–Crippen LogP) is 2.13. The zero-order chi connectivity index (χ0) is 8.97. The van der Waals surface area contributed by atoms with Crippen LogP contribution in [0.15, 0.2) is 35.9 Å². The Hall–Kier alpha value is -1.64. The van der Waals surface area contributed by atoms with Crippen LogP contribution in [0.25, 0.3) is 5.57 Å². The van der Waals surface area contributed by atoms with Crippen LogP contribution in [-0.4, -0.2) is 10.1 Å². The maximum atomic E-state index is 4.81. The van der Waals surface area contributed by atoms with Gasteiger partial charge in [-0.25, -0.2) is 0 Å². The molecule has 0 bridgehead atoms. The van der Waals surface area contributed by atoms with E-state index in [-0.39, 0.29) is 0 Å². The highest BCUT2D eigenvalue weighted by atomic mass is 16.5. The molecule has 0 aliphatic heterocycles. The lowest BCUT2D eigenvalue weighted by Crippen LogP contribution is -1.82. The van der Waals surface area contributed by atoms with Crippen LogP contribution in [0, 0.1) is 6.92 Å². The summed E-state index contributed by atoms with van der Waals surface area (Å²) in [6.07, 6.45) is 5.09. The van der Waals surface area contributed by atoms with Crippen LogP contribution in [0.5, 0.6) is 0 Å². The zero-order valence-electron chi connectivity index (χ0n) is 6.95. The minimum Gasteiger partial charge on any atom is -0.339 e. The summed E-state index contributed by atoms with van der Waals surface area (Å²) < 4.78 is 4.81. The maximum Gasteiger partial charge on any atom is 0.223 e. The van der Waals surface area contributed by atoms with Gasteiger partial charge >= 0.3 is 0 Å². The molecule has 0 aliphatic rings. The lowest BCUT2D eigenvalue weighted by molar-refractivity contribution is 0.391. The molecule has 1 aromatic heterocycles. The van der Waals surface area contributed by atoms with Gasteiger partial charge in [-0.2, -0.15) is 4.98 Å². The molecule has 0 atom stereocenters. The second-order valence-electron chi connectivity index (χ2n) is 2.20. The van der Waals surface area contributed by atoms with Crippen molar-refractivity contribution in [3.8, 4) is 0 Å². The lowest BCUT2D eigenvalue weighted by atomic mass is 10.2. The number of nitrogens with zero attached hydrogens (tertiary/aromatic N) is 2. The molecule has 1 rings (SSSR count). The minimum absolute atomic E-state index is 0.543. The summed E-state index contributed by atoms with van der Waals surface area (Å²) in [5, 5.41) is 3.73. The SMILES string of the molecule is C=C/C=C(\C=C)c1noc(C)n1. The van der Waals surface area contributed by atoms with E-state index in [0.717, 1.165) is 5.57 Å². The van der Waals surface area contributed by atoms with E-state index in [2.05, 4.69) is 23.3 Å². The Morgan fingerprint density at radius 2 is 2.25 bits per heavy atom. The molecule has 0 saturated carbocycles. The monoisotopic (exact) mass is 162 g/mol. The largest absolute Gasteiger partial charge is 0.339 e. The molecule has 0 unspecified atom stereocenters. The molecule has 0 aliphatic carbocycles. The lowest BCUT2D eigenvalue weighted by Gasteiger charge is -1.89. The Balaban J connectivity index is 3.02. The highest BCUT2D eigenvalue weighted by molar-refractivity contribution is 5.69. The first-order valence-corrected chi connectivity index (χ1v) is 3.53. The van der Waals surface area contributed by atoms with E-state index in [0.29, 0.717) is 11.7 Å². The summed E-state index contributed by atoms with van der Waals surface area (Å²) in [5.41, 5.74) is 0.807. The van der Waals surface area contributed by atoms with Gasteiger partial charge in [0.25, 0.3) is 0 Å². The third kappa shape index (κ3) is 1.69. The molecule has 0 fully saturated rings. The van der Waals surface area contributed by atoms with Crippen LogP contribution >= 0.6 is 0 Å². The number of aryl methyl sites for hydroxylation is 1. The van der Waals surface area contributed by atoms with Crippen molar-refractivity contribution < 1.29 is 4.52 Å². The van der Waals surface area contributed by atoms with Gasteiger partial charge in [-0.15, -0.1) is 0 Å². The Morgan fingerprint density at radius 1 is 1.50 bits per heavy atom. The summed E-state index contributed by atoms with van der Waals surface area (Å²) in [5.74, 6) is 1.09. The molecule has 62 valence electrons. The second kappa shape index (κ2) is 3.67. The summed E-state index contributed by atoms with van der Waals surface area (Å²) >= 11 is 0. The first-order chi connectivity index (χ1) is 5.77. The molecular weight excluding hydrogens is 152 g/mol. The van der Waals surface area contributed by atoms with Crippen LogP contribution in [-0.2, 0) is 0 Å². The van der Waals surface area contributed by atoms with Gasteiger partial charge in [0.05, 0.1) is 0 Å². The van der Waals surface area contributed by atoms with Gasteiger partial charge in [0, 0.05) is 12.5 Å². The van der Waals surface area contributed by atoms with E-state index in [1.807, 2.05) is 0 Å². The minimum atomic E-state index is 0.543. The Labute approximate surface area is 71.1 Å².